The molecule has 4 aromatic heterocycles. The maximum absolute atomic E-state index is 5.60. The van der Waals surface area contributed by atoms with Crippen LogP contribution in [0.15, 0.2) is 200 Å². The van der Waals surface area contributed by atoms with Gasteiger partial charge in [-0.1, -0.05) is 158 Å². The number of imidazole rings is 1. The monoisotopic (exact) mass is 755 g/mol. The second-order valence-corrected chi connectivity index (χ2v) is 14.7. The molecule has 0 aliphatic heterocycles. The summed E-state index contributed by atoms with van der Waals surface area (Å²) < 4.78 is 6.90. The van der Waals surface area contributed by atoms with Crippen molar-refractivity contribution in [1.29, 1.82) is 0 Å². The van der Waals surface area contributed by atoms with Gasteiger partial charge in [0.2, 0.25) is 5.95 Å². The number of hydrogen-bond donors (Lipinski definition) is 0. The summed E-state index contributed by atoms with van der Waals surface area (Å²) in [6.45, 7) is 0. The van der Waals surface area contributed by atoms with E-state index >= 15 is 0 Å². The Morgan fingerprint density at radius 1 is 0.288 bits per heavy atom. The van der Waals surface area contributed by atoms with Gasteiger partial charge in [0, 0.05) is 49.6 Å². The molecular formula is C52H33N7. The molecule has 0 aliphatic rings. The first-order valence-electron chi connectivity index (χ1n) is 19.8. The van der Waals surface area contributed by atoms with Crippen LogP contribution in [0.2, 0.25) is 0 Å². The third kappa shape index (κ3) is 5.15. The fourth-order valence-corrected chi connectivity index (χ4v) is 8.73. The number of fused-ring (bicyclic) bond motifs is 9. The first-order valence-corrected chi connectivity index (χ1v) is 19.8. The second-order valence-electron chi connectivity index (χ2n) is 14.7. The normalized spacial score (nSPS) is 11.7. The number of hydrogen-bond acceptors (Lipinski definition) is 4. The van der Waals surface area contributed by atoms with Crippen LogP contribution in [0.25, 0.3) is 106 Å². The van der Waals surface area contributed by atoms with E-state index in [4.69, 9.17) is 19.9 Å². The SMILES string of the molecule is c1ccc(-c2nc(-c3ccccc3)nc(-n3c4c(ccc5c4nc(-c4ccccc4)n5-c4ccccc4)c4ccc5c6ccccc6n(-c6ccccc6)c5c43)n2)cc1. The lowest BCUT2D eigenvalue weighted by molar-refractivity contribution is 0.954. The van der Waals surface area contributed by atoms with Crippen LogP contribution in [-0.4, -0.2) is 33.6 Å². The van der Waals surface area contributed by atoms with Crippen LogP contribution < -0.4 is 0 Å². The average molecular weight is 756 g/mol. The molecule has 0 aliphatic carbocycles. The average Bonchev–Trinajstić information content (AvgIpc) is 3.99. The molecule has 7 nitrogen and oxygen atoms in total. The molecule has 12 aromatic rings. The summed E-state index contributed by atoms with van der Waals surface area (Å²) in [7, 11) is 0. The molecule has 59 heavy (non-hydrogen) atoms. The number of nitrogens with zero attached hydrogens (tertiary/aromatic N) is 7. The molecule has 0 saturated heterocycles. The Kier molecular flexibility index (Phi) is 7.40. The molecule has 0 saturated carbocycles. The summed E-state index contributed by atoms with van der Waals surface area (Å²) in [5, 5.41) is 4.44. The first kappa shape index (κ1) is 33.0. The largest absolute Gasteiger partial charge is 0.307 e. The van der Waals surface area contributed by atoms with Crippen molar-refractivity contribution in [3.63, 3.8) is 0 Å². The molecule has 0 N–H and O–H groups in total. The molecule has 0 unspecified atom stereocenters. The van der Waals surface area contributed by atoms with Gasteiger partial charge >= 0.3 is 0 Å². The molecule has 276 valence electrons. The lowest BCUT2D eigenvalue weighted by atomic mass is 10.1. The zero-order chi connectivity index (χ0) is 38.9. The Labute approximate surface area is 338 Å². The molecule has 12 rings (SSSR count). The highest BCUT2D eigenvalue weighted by molar-refractivity contribution is 6.26. The summed E-state index contributed by atoms with van der Waals surface area (Å²) in [6.07, 6.45) is 0. The Bertz CT molecular complexity index is 3460. The van der Waals surface area contributed by atoms with E-state index in [0.29, 0.717) is 17.6 Å². The van der Waals surface area contributed by atoms with Crippen molar-refractivity contribution in [1.82, 2.24) is 33.6 Å². The smallest absolute Gasteiger partial charge is 0.238 e. The lowest BCUT2D eigenvalue weighted by Crippen LogP contribution is -2.07. The van der Waals surface area contributed by atoms with Gasteiger partial charge in [-0.2, -0.15) is 9.97 Å². The second kappa shape index (κ2) is 13.2. The summed E-state index contributed by atoms with van der Waals surface area (Å²) in [6, 6.07) is 69.5. The van der Waals surface area contributed by atoms with Crippen molar-refractivity contribution in [3.05, 3.63) is 200 Å². The van der Waals surface area contributed by atoms with Crippen LogP contribution in [0, 0.1) is 0 Å². The standard InChI is InChI=1S/C52H33N7/c1-6-18-34(19-7-1)49-54-50(35-20-8-2-9-21-35)56-52(55-49)59-46-41(32-33-44-45(46)53-51(36-22-10-3-11-23-36)58(44)38-26-14-5-15-27-38)42-31-30-40-39-28-16-17-29-43(39)57(47(40)48(42)59)37-24-12-4-13-25-37/h1-33H. The molecule has 0 spiro atoms. The van der Waals surface area contributed by atoms with Crippen molar-refractivity contribution >= 4 is 54.6 Å². The van der Waals surface area contributed by atoms with E-state index in [9.17, 15) is 0 Å². The first-order chi connectivity index (χ1) is 29.3. The van der Waals surface area contributed by atoms with E-state index in [-0.39, 0.29) is 0 Å². The van der Waals surface area contributed by atoms with Crippen LogP contribution in [0.1, 0.15) is 0 Å². The van der Waals surface area contributed by atoms with Gasteiger partial charge in [0.25, 0.3) is 0 Å². The molecular weight excluding hydrogens is 723 g/mol. The summed E-state index contributed by atoms with van der Waals surface area (Å²) >= 11 is 0. The highest BCUT2D eigenvalue weighted by atomic mass is 15.2. The van der Waals surface area contributed by atoms with Crippen molar-refractivity contribution in [2.45, 2.75) is 0 Å². The van der Waals surface area contributed by atoms with E-state index in [0.717, 1.165) is 83.1 Å². The van der Waals surface area contributed by atoms with Gasteiger partial charge in [0.05, 0.1) is 27.6 Å². The minimum absolute atomic E-state index is 0.512. The van der Waals surface area contributed by atoms with Gasteiger partial charge in [-0.05, 0) is 42.5 Å². The molecule has 0 radical (unpaired) electrons. The van der Waals surface area contributed by atoms with Crippen molar-refractivity contribution in [2.75, 3.05) is 0 Å². The molecule has 0 atom stereocenters. The van der Waals surface area contributed by atoms with E-state index in [2.05, 4.69) is 165 Å². The predicted molar refractivity (Wildman–Crippen MR) is 239 cm³/mol. The molecule has 0 bridgehead atoms. The molecule has 0 fully saturated rings. The zero-order valence-corrected chi connectivity index (χ0v) is 31.7. The molecule has 4 heterocycles. The number of para-hydroxylation sites is 3. The van der Waals surface area contributed by atoms with Gasteiger partial charge in [-0.3, -0.25) is 9.13 Å². The highest BCUT2D eigenvalue weighted by Crippen LogP contribution is 2.44. The van der Waals surface area contributed by atoms with E-state index in [1.54, 1.807) is 0 Å². The van der Waals surface area contributed by atoms with Gasteiger partial charge in [0.1, 0.15) is 11.3 Å². The fourth-order valence-electron chi connectivity index (χ4n) is 8.73. The quantitative estimate of drug-likeness (QED) is 0.169. The van der Waals surface area contributed by atoms with Crippen molar-refractivity contribution in [2.24, 2.45) is 0 Å². The maximum atomic E-state index is 5.60. The lowest BCUT2D eigenvalue weighted by Gasteiger charge is -2.13. The summed E-state index contributed by atoms with van der Waals surface area (Å²) in [5.74, 6) is 2.54. The van der Waals surface area contributed by atoms with Crippen LogP contribution >= 0.6 is 0 Å². The number of aromatic nitrogens is 7. The number of benzene rings is 8. The summed E-state index contributed by atoms with van der Waals surface area (Å²) in [5.41, 5.74) is 10.8. The third-order valence-corrected chi connectivity index (χ3v) is 11.3. The minimum atomic E-state index is 0.512. The molecule has 8 aromatic carbocycles. The Morgan fingerprint density at radius 3 is 1.36 bits per heavy atom. The van der Waals surface area contributed by atoms with E-state index in [1.807, 2.05) is 48.5 Å². The van der Waals surface area contributed by atoms with Gasteiger partial charge in [0.15, 0.2) is 11.6 Å². The fraction of sp³-hybridized carbons (Fsp3) is 0. The predicted octanol–water partition coefficient (Wildman–Crippen LogP) is 12.4. The maximum Gasteiger partial charge on any atom is 0.238 e. The Morgan fingerprint density at radius 2 is 0.746 bits per heavy atom. The van der Waals surface area contributed by atoms with Crippen molar-refractivity contribution < 1.29 is 0 Å². The third-order valence-electron chi connectivity index (χ3n) is 11.3. The van der Waals surface area contributed by atoms with E-state index in [1.165, 1.54) is 5.39 Å². The van der Waals surface area contributed by atoms with Gasteiger partial charge < -0.3 is 4.57 Å². The van der Waals surface area contributed by atoms with Crippen LogP contribution in [0.4, 0.5) is 0 Å². The van der Waals surface area contributed by atoms with Crippen LogP contribution in [0.5, 0.6) is 0 Å². The molecule has 0 amide bonds. The Balaban J connectivity index is 1.31. The zero-order valence-electron chi connectivity index (χ0n) is 31.7. The van der Waals surface area contributed by atoms with Crippen LogP contribution in [-0.2, 0) is 0 Å². The summed E-state index contributed by atoms with van der Waals surface area (Å²) in [4.78, 5) is 21.5. The van der Waals surface area contributed by atoms with E-state index < -0.39 is 0 Å². The van der Waals surface area contributed by atoms with Crippen molar-refractivity contribution in [3.8, 4) is 51.5 Å². The highest BCUT2D eigenvalue weighted by Gasteiger charge is 2.27. The van der Waals surface area contributed by atoms with Gasteiger partial charge in [-0.25, -0.2) is 9.97 Å². The van der Waals surface area contributed by atoms with Crippen LogP contribution in [0.3, 0.4) is 0 Å². The molecule has 7 heteroatoms. The Hall–Kier alpha value is -8.16. The van der Waals surface area contributed by atoms with Gasteiger partial charge in [-0.15, -0.1) is 0 Å². The number of rotatable bonds is 6. The minimum Gasteiger partial charge on any atom is -0.307 e. The topological polar surface area (TPSA) is 66.3 Å².